The van der Waals surface area contributed by atoms with Gasteiger partial charge in [0.05, 0.1) is 19.9 Å². The molecule has 8 nitrogen and oxygen atoms in total. The van der Waals surface area contributed by atoms with Crippen molar-refractivity contribution in [2.24, 2.45) is 0 Å². The Kier molecular flexibility index (Phi) is 6.39. The normalized spacial score (nSPS) is 11.3. The number of rotatable bonds is 8. The summed E-state index contributed by atoms with van der Waals surface area (Å²) in [6.07, 6.45) is 0. The zero-order valence-corrected chi connectivity index (χ0v) is 18.5. The van der Waals surface area contributed by atoms with Crippen molar-refractivity contribution in [2.75, 3.05) is 46.3 Å². The molecule has 2 heterocycles. The molecule has 0 fully saturated rings. The second-order valence-electron chi connectivity index (χ2n) is 7.08. The van der Waals surface area contributed by atoms with Crippen LogP contribution in [0.3, 0.4) is 0 Å². The third-order valence-corrected chi connectivity index (χ3v) is 5.68. The highest BCUT2D eigenvalue weighted by molar-refractivity contribution is 7.22. The molecular formula is C20H27N5O3S. The van der Waals surface area contributed by atoms with E-state index in [-0.39, 0.29) is 12.5 Å². The summed E-state index contributed by atoms with van der Waals surface area (Å²) in [6, 6.07) is 5.64. The molecule has 0 atom stereocenters. The van der Waals surface area contributed by atoms with E-state index in [1.165, 1.54) is 11.3 Å². The van der Waals surface area contributed by atoms with Crippen LogP contribution in [0.4, 0.5) is 5.13 Å². The van der Waals surface area contributed by atoms with E-state index in [1.807, 2.05) is 51.0 Å². The van der Waals surface area contributed by atoms with Crippen LogP contribution in [0.25, 0.3) is 10.2 Å². The summed E-state index contributed by atoms with van der Waals surface area (Å²) < 4.78 is 13.5. The van der Waals surface area contributed by atoms with E-state index in [1.54, 1.807) is 23.8 Å². The summed E-state index contributed by atoms with van der Waals surface area (Å²) in [5.74, 6) is 1.31. The maximum atomic E-state index is 13.2. The third-order valence-electron chi connectivity index (χ3n) is 4.59. The third kappa shape index (κ3) is 4.51. The van der Waals surface area contributed by atoms with Crippen LogP contribution in [0.1, 0.15) is 11.4 Å². The number of nitrogens with zero attached hydrogens (tertiary/aromatic N) is 5. The molecule has 29 heavy (non-hydrogen) atoms. The maximum Gasteiger partial charge on any atom is 0.250 e. The van der Waals surface area contributed by atoms with Gasteiger partial charge in [0.15, 0.2) is 5.13 Å². The largest absolute Gasteiger partial charge is 0.495 e. The lowest BCUT2D eigenvalue weighted by atomic mass is 10.3. The van der Waals surface area contributed by atoms with Crippen LogP contribution in [-0.4, -0.2) is 67.0 Å². The first kappa shape index (κ1) is 21.1. The number of aromatic nitrogens is 3. The standard InChI is InChI=1S/C20H27N5O3S/c1-13-11-14(2)25(22-13)12-17(26)24(10-9-23(3)4)20-21-18-15(27-5)7-8-16(28-6)19(18)29-20/h7-8,11H,9-10,12H2,1-6H3. The first-order valence-corrected chi connectivity index (χ1v) is 10.1. The number of carbonyl (C=O) groups is 1. The van der Waals surface area contributed by atoms with Gasteiger partial charge in [-0.2, -0.15) is 5.10 Å². The lowest BCUT2D eigenvalue weighted by Gasteiger charge is -2.22. The Balaban J connectivity index is 1.99. The summed E-state index contributed by atoms with van der Waals surface area (Å²) >= 11 is 1.43. The second kappa shape index (κ2) is 8.79. The molecule has 0 radical (unpaired) electrons. The van der Waals surface area contributed by atoms with Crippen LogP contribution in [0, 0.1) is 13.8 Å². The van der Waals surface area contributed by atoms with Crippen LogP contribution in [-0.2, 0) is 11.3 Å². The predicted octanol–water partition coefficient (Wildman–Crippen LogP) is 2.72. The Labute approximate surface area is 174 Å². The molecule has 2 aromatic heterocycles. The van der Waals surface area contributed by atoms with Crippen LogP contribution in [0.5, 0.6) is 11.5 Å². The van der Waals surface area contributed by atoms with Crippen molar-refractivity contribution in [3.63, 3.8) is 0 Å². The molecule has 3 aromatic rings. The average Bonchev–Trinajstić information content (AvgIpc) is 3.24. The van der Waals surface area contributed by atoms with Crippen LogP contribution >= 0.6 is 11.3 Å². The van der Waals surface area contributed by atoms with Gasteiger partial charge in [0, 0.05) is 18.8 Å². The Morgan fingerprint density at radius 1 is 1.14 bits per heavy atom. The molecule has 156 valence electrons. The van der Waals surface area contributed by atoms with Crippen molar-refractivity contribution in [3.05, 3.63) is 29.6 Å². The van der Waals surface area contributed by atoms with E-state index >= 15 is 0 Å². The van der Waals surface area contributed by atoms with E-state index in [9.17, 15) is 4.79 Å². The number of carbonyl (C=O) groups excluding carboxylic acids is 1. The zero-order valence-electron chi connectivity index (χ0n) is 17.7. The number of aryl methyl sites for hydroxylation is 2. The number of amides is 1. The molecule has 0 N–H and O–H groups in total. The van der Waals surface area contributed by atoms with Gasteiger partial charge in [-0.3, -0.25) is 14.4 Å². The maximum absolute atomic E-state index is 13.2. The van der Waals surface area contributed by atoms with Gasteiger partial charge in [-0.05, 0) is 46.1 Å². The molecule has 0 saturated heterocycles. The minimum absolute atomic E-state index is 0.0601. The number of thiazole rings is 1. The SMILES string of the molecule is COc1ccc(OC)c2sc(N(CCN(C)C)C(=O)Cn3nc(C)cc3C)nc12. The van der Waals surface area contributed by atoms with Crippen molar-refractivity contribution >= 4 is 32.6 Å². The fourth-order valence-corrected chi connectivity index (χ4v) is 4.18. The van der Waals surface area contributed by atoms with Crippen LogP contribution < -0.4 is 14.4 Å². The van der Waals surface area contributed by atoms with E-state index in [4.69, 9.17) is 14.5 Å². The van der Waals surface area contributed by atoms with E-state index in [2.05, 4.69) is 5.10 Å². The van der Waals surface area contributed by atoms with E-state index in [0.717, 1.165) is 16.1 Å². The van der Waals surface area contributed by atoms with Gasteiger partial charge in [0.1, 0.15) is 28.3 Å². The summed E-state index contributed by atoms with van der Waals surface area (Å²) in [6.45, 7) is 5.27. The van der Waals surface area contributed by atoms with Crippen molar-refractivity contribution in [3.8, 4) is 11.5 Å². The lowest BCUT2D eigenvalue weighted by molar-refractivity contribution is -0.119. The van der Waals surface area contributed by atoms with Crippen molar-refractivity contribution in [1.82, 2.24) is 19.7 Å². The Morgan fingerprint density at radius 3 is 2.41 bits per heavy atom. The highest BCUT2D eigenvalue weighted by atomic mass is 32.1. The van der Waals surface area contributed by atoms with Gasteiger partial charge in [-0.15, -0.1) is 0 Å². The fraction of sp³-hybridized carbons (Fsp3) is 0.450. The fourth-order valence-electron chi connectivity index (χ4n) is 3.07. The Morgan fingerprint density at radius 2 is 1.83 bits per heavy atom. The summed E-state index contributed by atoms with van der Waals surface area (Å²) in [4.78, 5) is 21.7. The van der Waals surface area contributed by atoms with Gasteiger partial charge in [0.25, 0.3) is 5.91 Å². The van der Waals surface area contributed by atoms with Gasteiger partial charge in [-0.25, -0.2) is 4.98 Å². The van der Waals surface area contributed by atoms with E-state index in [0.29, 0.717) is 35.2 Å². The Bertz CT molecular complexity index is 970. The smallest absolute Gasteiger partial charge is 0.250 e. The number of hydrogen-bond donors (Lipinski definition) is 0. The molecule has 0 spiro atoms. The first-order chi connectivity index (χ1) is 13.8. The molecule has 0 bridgehead atoms. The first-order valence-electron chi connectivity index (χ1n) is 9.31. The van der Waals surface area contributed by atoms with E-state index < -0.39 is 0 Å². The molecule has 0 aliphatic carbocycles. The van der Waals surface area contributed by atoms with Crippen molar-refractivity contribution in [1.29, 1.82) is 0 Å². The highest BCUT2D eigenvalue weighted by Gasteiger charge is 2.23. The number of ether oxygens (including phenoxy) is 2. The molecule has 3 rings (SSSR count). The van der Waals surface area contributed by atoms with Gasteiger partial charge >= 0.3 is 0 Å². The topological polar surface area (TPSA) is 72.7 Å². The summed E-state index contributed by atoms with van der Waals surface area (Å²) in [7, 11) is 7.19. The highest BCUT2D eigenvalue weighted by Crippen LogP contribution is 2.40. The predicted molar refractivity (Wildman–Crippen MR) is 115 cm³/mol. The molecule has 0 aliphatic rings. The number of benzene rings is 1. The number of fused-ring (bicyclic) bond motifs is 1. The van der Waals surface area contributed by atoms with Gasteiger partial charge in [-0.1, -0.05) is 11.3 Å². The molecule has 0 aliphatic heterocycles. The number of hydrogen-bond acceptors (Lipinski definition) is 7. The number of methoxy groups -OCH3 is 2. The van der Waals surface area contributed by atoms with Crippen molar-refractivity contribution < 1.29 is 14.3 Å². The Hall–Kier alpha value is -2.65. The summed E-state index contributed by atoms with van der Waals surface area (Å²) in [5.41, 5.74) is 2.54. The minimum Gasteiger partial charge on any atom is -0.495 e. The average molecular weight is 418 g/mol. The van der Waals surface area contributed by atoms with Crippen LogP contribution in [0.2, 0.25) is 0 Å². The van der Waals surface area contributed by atoms with Gasteiger partial charge in [0.2, 0.25) is 0 Å². The second-order valence-corrected chi connectivity index (χ2v) is 8.06. The van der Waals surface area contributed by atoms with Crippen molar-refractivity contribution in [2.45, 2.75) is 20.4 Å². The van der Waals surface area contributed by atoms with Gasteiger partial charge < -0.3 is 14.4 Å². The zero-order chi connectivity index (χ0) is 21.1. The molecule has 1 amide bonds. The number of anilines is 1. The summed E-state index contributed by atoms with van der Waals surface area (Å²) in [5, 5.41) is 5.04. The molecule has 0 unspecified atom stereocenters. The minimum atomic E-state index is -0.0601. The molecular weight excluding hydrogens is 390 g/mol. The van der Waals surface area contributed by atoms with Crippen LogP contribution in [0.15, 0.2) is 18.2 Å². The molecule has 0 saturated carbocycles. The quantitative estimate of drug-likeness (QED) is 0.561. The lowest BCUT2D eigenvalue weighted by Crippen LogP contribution is -2.39. The molecule has 9 heteroatoms. The monoisotopic (exact) mass is 417 g/mol. The molecule has 1 aromatic carbocycles. The number of likely N-dealkylation sites (N-methyl/N-ethyl adjacent to an activating group) is 1.